The number of nitrogens with two attached hydrogens (primary N) is 1. The molecule has 2 atom stereocenters. The first kappa shape index (κ1) is 35.1. The average Bonchev–Trinajstić information content (AvgIpc) is 2.83. The molecule has 0 aliphatic rings. The van der Waals surface area contributed by atoms with Gasteiger partial charge in [0.15, 0.2) is 5.78 Å². The maximum atomic E-state index is 12.8. The summed E-state index contributed by atoms with van der Waals surface area (Å²) in [5.74, 6) is -1.20. The van der Waals surface area contributed by atoms with E-state index >= 15 is 0 Å². The summed E-state index contributed by atoms with van der Waals surface area (Å²) in [5, 5.41) is 2.68. The molecule has 216 valence electrons. The number of rotatable bonds is 23. The van der Waals surface area contributed by atoms with Crippen LogP contribution in [0.15, 0.2) is 0 Å². The molecule has 11 heteroatoms. The fourth-order valence-electron chi connectivity index (χ4n) is 3.20. The van der Waals surface area contributed by atoms with Crippen LogP contribution in [0.4, 0.5) is 0 Å². The van der Waals surface area contributed by atoms with E-state index in [2.05, 4.69) is 5.32 Å². The highest BCUT2D eigenvalue weighted by Gasteiger charge is 2.25. The third-order valence-corrected chi connectivity index (χ3v) is 5.15. The molecule has 0 aliphatic carbocycles. The van der Waals surface area contributed by atoms with Crippen molar-refractivity contribution in [1.29, 1.82) is 0 Å². The molecule has 0 saturated heterocycles. The van der Waals surface area contributed by atoms with Crippen LogP contribution in [-0.4, -0.2) is 95.0 Å². The molecule has 11 nitrogen and oxygen atoms in total. The monoisotopic (exact) mass is 532 g/mol. The van der Waals surface area contributed by atoms with Crippen LogP contribution >= 0.6 is 0 Å². The largest absolute Gasteiger partial charge is 0.460 e. The number of ketones is 2. The number of hydrogen-bond acceptors (Lipinski definition) is 10. The summed E-state index contributed by atoms with van der Waals surface area (Å²) in [4.78, 5) is 49.7. The van der Waals surface area contributed by atoms with E-state index in [0.717, 1.165) is 0 Å². The fourth-order valence-corrected chi connectivity index (χ4v) is 3.20. The summed E-state index contributed by atoms with van der Waals surface area (Å²) in [7, 11) is 3.17. The lowest BCUT2D eigenvalue weighted by Crippen LogP contribution is -2.48. The second-order valence-electron chi connectivity index (χ2n) is 9.75. The molecule has 0 bridgehead atoms. The molecule has 0 aromatic carbocycles. The topological polar surface area (TPSA) is 152 Å². The van der Waals surface area contributed by atoms with Gasteiger partial charge in [-0.15, -0.1) is 0 Å². The molecule has 0 fully saturated rings. The van der Waals surface area contributed by atoms with Gasteiger partial charge in [-0.1, -0.05) is 0 Å². The van der Waals surface area contributed by atoms with Crippen LogP contribution in [0, 0.1) is 0 Å². The van der Waals surface area contributed by atoms with Gasteiger partial charge < -0.3 is 34.7 Å². The first-order chi connectivity index (χ1) is 17.5. The Labute approximate surface area is 221 Å². The average molecular weight is 533 g/mol. The molecule has 0 aliphatic heterocycles. The Morgan fingerprint density at radius 1 is 0.757 bits per heavy atom. The number of carbonyl (C=O) groups is 4. The molecule has 0 rings (SSSR count). The Morgan fingerprint density at radius 3 is 1.86 bits per heavy atom. The van der Waals surface area contributed by atoms with E-state index in [1.165, 1.54) is 0 Å². The normalized spacial score (nSPS) is 13.1. The van der Waals surface area contributed by atoms with E-state index in [-0.39, 0.29) is 43.7 Å². The number of carbonyl (C=O) groups excluding carboxylic acids is 4. The minimum absolute atomic E-state index is 0.0143. The first-order valence-corrected chi connectivity index (χ1v) is 13.0. The molecule has 0 spiro atoms. The number of esters is 1. The van der Waals surface area contributed by atoms with Crippen molar-refractivity contribution in [1.82, 2.24) is 5.32 Å². The summed E-state index contributed by atoms with van der Waals surface area (Å²) in [6.45, 7) is 7.96. The van der Waals surface area contributed by atoms with E-state index in [1.54, 1.807) is 35.0 Å². The van der Waals surface area contributed by atoms with E-state index in [9.17, 15) is 19.2 Å². The number of nitrogens with one attached hydrogen (secondary N) is 1. The zero-order valence-corrected chi connectivity index (χ0v) is 23.3. The highest BCUT2D eigenvalue weighted by molar-refractivity contribution is 5.91. The Hall–Kier alpha value is -1.92. The highest BCUT2D eigenvalue weighted by Crippen LogP contribution is 2.11. The zero-order chi connectivity index (χ0) is 28.1. The van der Waals surface area contributed by atoms with Crippen molar-refractivity contribution in [2.75, 3.05) is 53.9 Å². The van der Waals surface area contributed by atoms with Crippen molar-refractivity contribution in [3.8, 4) is 0 Å². The van der Waals surface area contributed by atoms with E-state index in [0.29, 0.717) is 58.9 Å². The number of Topliss-reactive ketones (excluding diaryl/α,β-unsaturated/α-hetero) is 2. The van der Waals surface area contributed by atoms with Crippen molar-refractivity contribution in [3.05, 3.63) is 0 Å². The standard InChI is InChI=1S/C26H48N2O9/c1-26(2,3)37-24(31)13-11-21(27)25(32)28-22(23(30)9-7-15-36-19-17-34-5)12-10-20(29)8-6-14-35-18-16-33-4/h21-22H,6-19,27H2,1-5H3,(H,28,32)/t21-,22-/m0/s1. The molecular formula is C26H48N2O9. The molecule has 3 N–H and O–H groups in total. The molecular weight excluding hydrogens is 484 g/mol. The van der Waals surface area contributed by atoms with Gasteiger partial charge in [0.2, 0.25) is 5.91 Å². The van der Waals surface area contributed by atoms with Gasteiger partial charge in [0.1, 0.15) is 11.4 Å². The lowest BCUT2D eigenvalue weighted by molar-refractivity contribution is -0.155. The maximum Gasteiger partial charge on any atom is 0.306 e. The molecule has 0 unspecified atom stereocenters. The number of methoxy groups -OCH3 is 2. The molecule has 0 aromatic rings. The number of ether oxygens (including phenoxy) is 5. The van der Waals surface area contributed by atoms with Gasteiger partial charge in [0.25, 0.3) is 0 Å². The van der Waals surface area contributed by atoms with Crippen LogP contribution in [0.3, 0.4) is 0 Å². The van der Waals surface area contributed by atoms with Crippen molar-refractivity contribution in [3.63, 3.8) is 0 Å². The smallest absolute Gasteiger partial charge is 0.306 e. The van der Waals surface area contributed by atoms with Crippen molar-refractivity contribution in [2.24, 2.45) is 5.73 Å². The van der Waals surface area contributed by atoms with Crippen LogP contribution in [-0.2, 0) is 42.9 Å². The van der Waals surface area contributed by atoms with Crippen LogP contribution in [0.1, 0.15) is 72.1 Å². The first-order valence-electron chi connectivity index (χ1n) is 13.0. The second kappa shape index (κ2) is 21.1. The predicted molar refractivity (Wildman–Crippen MR) is 138 cm³/mol. The molecule has 37 heavy (non-hydrogen) atoms. The van der Waals surface area contributed by atoms with Crippen LogP contribution < -0.4 is 11.1 Å². The van der Waals surface area contributed by atoms with Crippen LogP contribution in [0.25, 0.3) is 0 Å². The summed E-state index contributed by atoms with van der Waals surface area (Å²) < 4.78 is 25.8. The van der Waals surface area contributed by atoms with Gasteiger partial charge in [-0.05, 0) is 46.5 Å². The Morgan fingerprint density at radius 2 is 1.32 bits per heavy atom. The fraction of sp³-hybridized carbons (Fsp3) is 0.846. The molecule has 0 aromatic heterocycles. The third-order valence-electron chi connectivity index (χ3n) is 5.15. The summed E-state index contributed by atoms with van der Waals surface area (Å²) in [6, 6.07) is -1.83. The maximum absolute atomic E-state index is 12.8. The Balaban J connectivity index is 4.75. The minimum Gasteiger partial charge on any atom is -0.460 e. The minimum atomic E-state index is -0.986. The lowest BCUT2D eigenvalue weighted by atomic mass is 9.99. The van der Waals surface area contributed by atoms with Crippen LogP contribution in [0.2, 0.25) is 0 Å². The van der Waals surface area contributed by atoms with E-state index < -0.39 is 29.6 Å². The number of hydrogen-bond donors (Lipinski definition) is 2. The molecule has 0 heterocycles. The molecule has 1 amide bonds. The van der Waals surface area contributed by atoms with Gasteiger partial charge in [0, 0.05) is 53.1 Å². The highest BCUT2D eigenvalue weighted by atomic mass is 16.6. The summed E-state index contributed by atoms with van der Waals surface area (Å²) in [5.41, 5.74) is 5.34. The Bertz CT molecular complexity index is 665. The number of amides is 1. The van der Waals surface area contributed by atoms with Crippen molar-refractivity contribution < 1.29 is 42.9 Å². The van der Waals surface area contributed by atoms with Gasteiger partial charge in [-0.25, -0.2) is 0 Å². The van der Waals surface area contributed by atoms with Gasteiger partial charge >= 0.3 is 5.97 Å². The summed E-state index contributed by atoms with van der Waals surface area (Å²) in [6.07, 6.45) is 1.94. The van der Waals surface area contributed by atoms with E-state index in [4.69, 9.17) is 29.4 Å². The van der Waals surface area contributed by atoms with Gasteiger partial charge in [-0.2, -0.15) is 0 Å². The van der Waals surface area contributed by atoms with Crippen molar-refractivity contribution in [2.45, 2.75) is 89.8 Å². The van der Waals surface area contributed by atoms with Crippen molar-refractivity contribution >= 4 is 23.4 Å². The van der Waals surface area contributed by atoms with Gasteiger partial charge in [-0.3, -0.25) is 19.2 Å². The molecule has 0 saturated carbocycles. The summed E-state index contributed by atoms with van der Waals surface area (Å²) >= 11 is 0. The third kappa shape index (κ3) is 20.8. The SMILES string of the molecule is COCCOCCCC(=O)CC[C@H](NC(=O)[C@@H](N)CCC(=O)OC(C)(C)C)C(=O)CCCOCCOC. The molecule has 0 radical (unpaired) electrons. The quantitative estimate of drug-likeness (QED) is 0.147. The lowest BCUT2D eigenvalue weighted by Gasteiger charge is -2.21. The van der Waals surface area contributed by atoms with Gasteiger partial charge in [0.05, 0.1) is 38.5 Å². The zero-order valence-electron chi connectivity index (χ0n) is 23.3. The Kier molecular flexibility index (Phi) is 20.0. The predicted octanol–water partition coefficient (Wildman–Crippen LogP) is 1.73. The second-order valence-corrected chi connectivity index (χ2v) is 9.75. The van der Waals surface area contributed by atoms with Crippen LogP contribution in [0.5, 0.6) is 0 Å². The van der Waals surface area contributed by atoms with E-state index in [1.807, 2.05) is 0 Å².